The summed E-state index contributed by atoms with van der Waals surface area (Å²) in [6, 6.07) is 16.5. The predicted octanol–water partition coefficient (Wildman–Crippen LogP) is 4.86. The predicted molar refractivity (Wildman–Crippen MR) is 119 cm³/mol. The number of alkyl halides is 3. The molecule has 2 heterocycles. The van der Waals surface area contributed by atoms with Gasteiger partial charge in [-0.25, -0.2) is 14.7 Å². The van der Waals surface area contributed by atoms with Gasteiger partial charge in [0.1, 0.15) is 11.9 Å². The van der Waals surface area contributed by atoms with E-state index in [1.165, 1.54) is 35.4 Å². The molecular weight excluding hydrogens is 453 g/mol. The average molecular weight is 472 g/mol. The first kappa shape index (κ1) is 22.7. The molecule has 10 heteroatoms. The zero-order chi connectivity index (χ0) is 23.6. The number of pyridine rings is 1. The van der Waals surface area contributed by atoms with Crippen molar-refractivity contribution in [3.8, 4) is 0 Å². The van der Waals surface area contributed by atoms with Gasteiger partial charge in [0.25, 0.3) is 5.91 Å². The number of thioether (sulfide) groups is 1. The van der Waals surface area contributed by atoms with E-state index in [0.717, 1.165) is 10.5 Å². The van der Waals surface area contributed by atoms with Gasteiger partial charge in [0.05, 0.1) is 5.69 Å². The second kappa shape index (κ2) is 9.14. The molecule has 0 unspecified atom stereocenters. The van der Waals surface area contributed by atoms with E-state index in [1.807, 2.05) is 30.3 Å². The number of amides is 3. The summed E-state index contributed by atoms with van der Waals surface area (Å²) in [5.74, 6) is -0.151. The second-order valence-electron chi connectivity index (χ2n) is 7.42. The van der Waals surface area contributed by atoms with E-state index in [2.05, 4.69) is 4.98 Å². The molecule has 2 N–H and O–H groups in total. The summed E-state index contributed by atoms with van der Waals surface area (Å²) in [6.07, 6.45) is 1.82. The number of nitrogen functional groups attached to an aromatic ring is 1. The number of nitrogens with two attached hydrogens (primary N) is 1. The lowest BCUT2D eigenvalue weighted by Gasteiger charge is -2.22. The van der Waals surface area contributed by atoms with Crippen LogP contribution in [0.15, 0.2) is 77.8 Å². The number of nitrogens with zero attached hydrogens (tertiary/aromatic N) is 3. The number of hydrogen-bond acceptors (Lipinski definition) is 5. The van der Waals surface area contributed by atoms with Crippen LogP contribution in [0.2, 0.25) is 0 Å². The minimum atomic E-state index is -4.43. The Hall–Kier alpha value is -3.53. The molecule has 1 saturated heterocycles. The number of carbonyl (C=O) groups excluding carboxylic acids is 2. The van der Waals surface area contributed by atoms with Gasteiger partial charge in [0.2, 0.25) is 0 Å². The van der Waals surface area contributed by atoms with Crippen LogP contribution < -0.4 is 10.6 Å². The van der Waals surface area contributed by atoms with Crippen LogP contribution in [0.4, 0.5) is 29.5 Å². The van der Waals surface area contributed by atoms with E-state index >= 15 is 0 Å². The number of benzene rings is 2. The van der Waals surface area contributed by atoms with Gasteiger partial charge in [0, 0.05) is 24.1 Å². The first-order valence-corrected chi connectivity index (χ1v) is 10.8. The quantitative estimate of drug-likeness (QED) is 0.410. The summed E-state index contributed by atoms with van der Waals surface area (Å²) in [7, 11) is 0. The summed E-state index contributed by atoms with van der Waals surface area (Å²) in [5.41, 5.74) is 3.13. The molecule has 0 radical (unpaired) electrons. The lowest BCUT2D eigenvalue weighted by Crippen LogP contribution is -2.36. The maximum absolute atomic E-state index is 13.3. The highest BCUT2D eigenvalue weighted by atomic mass is 32.2. The molecule has 33 heavy (non-hydrogen) atoms. The maximum Gasteiger partial charge on any atom is 0.446 e. The first-order valence-electron chi connectivity index (χ1n) is 9.96. The largest absolute Gasteiger partial charge is 0.446 e. The third-order valence-electron chi connectivity index (χ3n) is 5.12. The van der Waals surface area contributed by atoms with E-state index in [0.29, 0.717) is 17.8 Å². The van der Waals surface area contributed by atoms with E-state index in [9.17, 15) is 22.8 Å². The Labute approximate surface area is 192 Å². The molecule has 1 aliphatic heterocycles. The molecule has 2 aromatic carbocycles. The van der Waals surface area contributed by atoms with Crippen LogP contribution in [0.1, 0.15) is 11.1 Å². The molecule has 1 aliphatic rings. The van der Waals surface area contributed by atoms with E-state index in [-0.39, 0.29) is 28.9 Å². The first-order chi connectivity index (χ1) is 15.7. The Morgan fingerprint density at radius 1 is 0.970 bits per heavy atom. The minimum absolute atomic E-state index is 0.0321. The molecule has 1 atom stereocenters. The molecule has 0 saturated carbocycles. The number of anilines is 2. The van der Waals surface area contributed by atoms with Crippen LogP contribution in [0, 0.1) is 0 Å². The van der Waals surface area contributed by atoms with Crippen molar-refractivity contribution in [2.24, 2.45) is 0 Å². The molecular formula is C23H19F3N4O2S. The SMILES string of the molecule is Nc1cc(CN2C(=O)N(c3ccc(SC(F)(F)F)cc3)C(=O)[C@@H]2Cc2ccccc2)ccn1. The molecule has 1 aromatic heterocycles. The van der Waals surface area contributed by atoms with Gasteiger partial charge in [-0.15, -0.1) is 0 Å². The van der Waals surface area contributed by atoms with Crippen LogP contribution in [0.3, 0.4) is 0 Å². The average Bonchev–Trinajstić information content (AvgIpc) is 2.98. The Bertz CT molecular complexity index is 1160. The highest BCUT2D eigenvalue weighted by Gasteiger charge is 2.45. The van der Waals surface area contributed by atoms with Gasteiger partial charge in [-0.05, 0) is 59.3 Å². The van der Waals surface area contributed by atoms with E-state index < -0.39 is 23.5 Å². The third kappa shape index (κ3) is 5.28. The molecule has 0 spiro atoms. The monoisotopic (exact) mass is 472 g/mol. The molecule has 0 aliphatic carbocycles. The number of hydrogen-bond donors (Lipinski definition) is 1. The fourth-order valence-electron chi connectivity index (χ4n) is 3.68. The Kier molecular flexibility index (Phi) is 6.28. The van der Waals surface area contributed by atoms with Gasteiger partial charge in [-0.1, -0.05) is 30.3 Å². The van der Waals surface area contributed by atoms with E-state index in [4.69, 9.17) is 5.73 Å². The number of rotatable bonds is 6. The van der Waals surface area contributed by atoms with Gasteiger partial charge in [-0.2, -0.15) is 13.2 Å². The smallest absolute Gasteiger partial charge is 0.384 e. The van der Waals surface area contributed by atoms with Crippen molar-refractivity contribution in [3.63, 3.8) is 0 Å². The van der Waals surface area contributed by atoms with Crippen molar-refractivity contribution >= 4 is 35.2 Å². The number of halogens is 3. The summed E-state index contributed by atoms with van der Waals surface area (Å²) in [5, 5.41) is 0. The van der Waals surface area contributed by atoms with Crippen molar-refractivity contribution in [2.75, 3.05) is 10.6 Å². The molecule has 1 fully saturated rings. The van der Waals surface area contributed by atoms with Gasteiger partial charge in [-0.3, -0.25) is 4.79 Å². The van der Waals surface area contributed by atoms with Crippen LogP contribution in [-0.4, -0.2) is 33.4 Å². The van der Waals surface area contributed by atoms with Crippen molar-refractivity contribution in [2.45, 2.75) is 29.4 Å². The Balaban J connectivity index is 1.64. The molecule has 3 amide bonds. The number of aromatic nitrogens is 1. The summed E-state index contributed by atoms with van der Waals surface area (Å²) < 4.78 is 37.9. The normalized spacial score (nSPS) is 16.5. The Morgan fingerprint density at radius 3 is 2.30 bits per heavy atom. The zero-order valence-corrected chi connectivity index (χ0v) is 18.0. The van der Waals surface area contributed by atoms with Gasteiger partial charge in [0.15, 0.2) is 0 Å². The summed E-state index contributed by atoms with van der Waals surface area (Å²) in [6.45, 7) is 0.132. The van der Waals surface area contributed by atoms with E-state index in [1.54, 1.807) is 12.1 Å². The minimum Gasteiger partial charge on any atom is -0.384 e. The van der Waals surface area contributed by atoms with Crippen molar-refractivity contribution in [3.05, 3.63) is 84.1 Å². The Morgan fingerprint density at radius 2 is 1.67 bits per heavy atom. The lowest BCUT2D eigenvalue weighted by molar-refractivity contribution is -0.119. The van der Waals surface area contributed by atoms with Crippen LogP contribution >= 0.6 is 11.8 Å². The lowest BCUT2D eigenvalue weighted by atomic mass is 10.0. The molecule has 4 rings (SSSR count). The van der Waals surface area contributed by atoms with Crippen LogP contribution in [0.5, 0.6) is 0 Å². The fraction of sp³-hybridized carbons (Fsp3) is 0.174. The van der Waals surface area contributed by atoms with Crippen molar-refractivity contribution in [1.82, 2.24) is 9.88 Å². The van der Waals surface area contributed by atoms with Crippen LogP contribution in [0.25, 0.3) is 0 Å². The number of carbonyl (C=O) groups is 2. The van der Waals surface area contributed by atoms with Crippen molar-refractivity contribution in [1.29, 1.82) is 0 Å². The molecule has 6 nitrogen and oxygen atoms in total. The zero-order valence-electron chi connectivity index (χ0n) is 17.2. The third-order valence-corrected chi connectivity index (χ3v) is 5.86. The molecule has 3 aromatic rings. The summed E-state index contributed by atoms with van der Waals surface area (Å²) in [4.78, 5) is 33.0. The second-order valence-corrected chi connectivity index (χ2v) is 8.56. The summed E-state index contributed by atoms with van der Waals surface area (Å²) >= 11 is -0.257. The topological polar surface area (TPSA) is 79.5 Å². The highest BCUT2D eigenvalue weighted by molar-refractivity contribution is 8.00. The van der Waals surface area contributed by atoms with Gasteiger partial charge < -0.3 is 10.6 Å². The number of urea groups is 1. The molecule has 0 bridgehead atoms. The van der Waals surface area contributed by atoms with Gasteiger partial charge >= 0.3 is 11.5 Å². The number of imide groups is 1. The molecule has 170 valence electrons. The fourth-order valence-corrected chi connectivity index (χ4v) is 4.21. The highest BCUT2D eigenvalue weighted by Crippen LogP contribution is 2.38. The van der Waals surface area contributed by atoms with Crippen LogP contribution in [-0.2, 0) is 17.8 Å². The standard InChI is InChI=1S/C23H19F3N4O2S/c24-23(25,26)33-18-8-6-17(7-9-18)30-21(31)19(12-15-4-2-1-3-5-15)29(22(30)32)14-16-10-11-28-20(27)13-16/h1-11,13,19H,12,14H2,(H2,27,28)/t19-/m0/s1. The van der Waals surface area contributed by atoms with Crippen molar-refractivity contribution < 1.29 is 22.8 Å². The maximum atomic E-state index is 13.3.